The number of rotatable bonds is 4. The fraction of sp³-hybridized carbons (Fsp3) is 0.294. The second-order valence-electron chi connectivity index (χ2n) is 5.84. The molecule has 1 aromatic carbocycles. The third-order valence-electron chi connectivity index (χ3n) is 4.22. The molecule has 0 aliphatic carbocycles. The van der Waals surface area contributed by atoms with E-state index in [2.05, 4.69) is 21.3 Å². The molecule has 2 aromatic rings. The first-order valence-electron chi connectivity index (χ1n) is 7.88. The number of anilines is 2. The van der Waals surface area contributed by atoms with E-state index in [1.165, 1.54) is 12.1 Å². The number of hydrogen-bond donors (Lipinski definition) is 1. The number of piperidine rings is 1. The molecule has 1 N–H and O–H groups in total. The lowest BCUT2D eigenvalue weighted by atomic mass is 10.0. The number of benzene rings is 1. The van der Waals surface area contributed by atoms with Crippen LogP contribution in [0.15, 0.2) is 36.5 Å². The maximum absolute atomic E-state index is 10.8. The molecule has 1 aromatic heterocycles. The van der Waals surface area contributed by atoms with Gasteiger partial charge in [-0.3, -0.25) is 10.1 Å². The van der Waals surface area contributed by atoms with Crippen LogP contribution in [0.1, 0.15) is 18.4 Å². The van der Waals surface area contributed by atoms with Crippen LogP contribution in [-0.2, 0) is 0 Å². The van der Waals surface area contributed by atoms with Gasteiger partial charge in [0.1, 0.15) is 11.9 Å². The van der Waals surface area contributed by atoms with Crippen molar-refractivity contribution < 1.29 is 4.92 Å². The van der Waals surface area contributed by atoms with Gasteiger partial charge >= 0.3 is 0 Å². The quantitative estimate of drug-likeness (QED) is 0.663. The first kappa shape index (κ1) is 17.0. The molecule has 1 aliphatic heterocycles. The Hall–Kier alpha value is -2.85. The molecule has 0 saturated carbocycles. The Bertz CT molecular complexity index is 811. The molecule has 0 amide bonds. The highest BCUT2D eigenvalue weighted by molar-refractivity contribution is 6.33. The van der Waals surface area contributed by atoms with Crippen LogP contribution >= 0.6 is 11.6 Å². The number of hydrogen-bond acceptors (Lipinski definition) is 6. The summed E-state index contributed by atoms with van der Waals surface area (Å²) < 4.78 is 0. The molecule has 7 nitrogen and oxygen atoms in total. The molecule has 1 aliphatic rings. The molecule has 128 valence electrons. The van der Waals surface area contributed by atoms with Crippen LogP contribution in [0.2, 0.25) is 5.02 Å². The Morgan fingerprint density at radius 1 is 1.32 bits per heavy atom. The highest BCUT2D eigenvalue weighted by atomic mass is 35.5. The minimum Gasteiger partial charge on any atom is -0.381 e. The Balaban J connectivity index is 1.59. The molecule has 1 saturated heterocycles. The van der Waals surface area contributed by atoms with Crippen molar-refractivity contribution >= 4 is 28.8 Å². The minimum atomic E-state index is -0.460. The summed E-state index contributed by atoms with van der Waals surface area (Å²) in [6, 6.07) is 10.4. The molecular weight excluding hydrogens is 342 g/mol. The van der Waals surface area contributed by atoms with E-state index in [4.69, 9.17) is 16.9 Å². The number of nitrogens with one attached hydrogen (secondary N) is 1. The normalized spacial score (nSPS) is 14.8. The second-order valence-corrected chi connectivity index (χ2v) is 6.25. The molecule has 3 rings (SSSR count). The number of halogens is 1. The summed E-state index contributed by atoms with van der Waals surface area (Å²) in [4.78, 5) is 16.8. The molecule has 0 radical (unpaired) electrons. The van der Waals surface area contributed by atoms with Gasteiger partial charge in [0, 0.05) is 37.5 Å². The maximum atomic E-state index is 10.8. The van der Waals surface area contributed by atoms with Crippen molar-refractivity contribution in [2.75, 3.05) is 23.3 Å². The minimum absolute atomic E-state index is 0.0164. The lowest BCUT2D eigenvalue weighted by Crippen LogP contribution is -2.39. The van der Waals surface area contributed by atoms with E-state index in [-0.39, 0.29) is 11.7 Å². The van der Waals surface area contributed by atoms with Crippen LogP contribution in [0.3, 0.4) is 0 Å². The highest BCUT2D eigenvalue weighted by Gasteiger charge is 2.21. The van der Waals surface area contributed by atoms with Gasteiger partial charge in [0.15, 0.2) is 0 Å². The Morgan fingerprint density at radius 2 is 2.08 bits per heavy atom. The molecule has 0 unspecified atom stereocenters. The number of nitrogens with zero attached hydrogens (tertiary/aromatic N) is 4. The zero-order valence-corrected chi connectivity index (χ0v) is 14.1. The van der Waals surface area contributed by atoms with E-state index in [1.54, 1.807) is 18.3 Å². The van der Waals surface area contributed by atoms with E-state index in [9.17, 15) is 10.1 Å². The first-order chi connectivity index (χ1) is 12.1. The average molecular weight is 358 g/mol. The fourth-order valence-electron chi connectivity index (χ4n) is 2.85. The third-order valence-corrected chi connectivity index (χ3v) is 4.53. The Kier molecular flexibility index (Phi) is 5.00. The van der Waals surface area contributed by atoms with Gasteiger partial charge in [0.25, 0.3) is 5.69 Å². The van der Waals surface area contributed by atoms with E-state index >= 15 is 0 Å². The first-order valence-corrected chi connectivity index (χ1v) is 8.26. The van der Waals surface area contributed by atoms with Crippen LogP contribution in [0.5, 0.6) is 0 Å². The predicted molar refractivity (Wildman–Crippen MR) is 95.9 cm³/mol. The lowest BCUT2D eigenvalue weighted by Gasteiger charge is -2.33. The van der Waals surface area contributed by atoms with Gasteiger partial charge in [-0.1, -0.05) is 11.6 Å². The van der Waals surface area contributed by atoms with Gasteiger partial charge < -0.3 is 10.2 Å². The molecule has 25 heavy (non-hydrogen) atoms. The van der Waals surface area contributed by atoms with Crippen LogP contribution in [0.4, 0.5) is 17.2 Å². The van der Waals surface area contributed by atoms with Gasteiger partial charge in [0.2, 0.25) is 0 Å². The van der Waals surface area contributed by atoms with Crippen molar-refractivity contribution in [3.63, 3.8) is 0 Å². The molecule has 0 spiro atoms. The summed E-state index contributed by atoms with van der Waals surface area (Å²) in [5.74, 6) is 0.866. The molecule has 0 atom stereocenters. The van der Waals surface area contributed by atoms with Crippen LogP contribution < -0.4 is 10.2 Å². The number of aromatic nitrogens is 1. The van der Waals surface area contributed by atoms with Crippen LogP contribution in [-0.4, -0.2) is 29.0 Å². The van der Waals surface area contributed by atoms with Crippen molar-refractivity contribution in [1.82, 2.24) is 4.98 Å². The van der Waals surface area contributed by atoms with Gasteiger partial charge in [-0.2, -0.15) is 5.26 Å². The van der Waals surface area contributed by atoms with Crippen LogP contribution in [0.25, 0.3) is 0 Å². The number of nitro benzene ring substituents is 1. The maximum Gasteiger partial charge on any atom is 0.271 e. The number of non-ortho nitro benzene ring substituents is 1. The topological polar surface area (TPSA) is 95.1 Å². The van der Waals surface area contributed by atoms with E-state index < -0.39 is 4.92 Å². The number of pyridine rings is 1. The Morgan fingerprint density at radius 3 is 2.64 bits per heavy atom. The van der Waals surface area contributed by atoms with E-state index in [0.717, 1.165) is 31.7 Å². The second kappa shape index (κ2) is 7.36. The zero-order valence-electron chi connectivity index (χ0n) is 13.4. The zero-order chi connectivity index (χ0) is 17.8. The molecular formula is C17H16ClN5O2. The summed E-state index contributed by atoms with van der Waals surface area (Å²) in [7, 11) is 0. The fourth-order valence-corrected chi connectivity index (χ4v) is 3.08. The lowest BCUT2D eigenvalue weighted by molar-refractivity contribution is -0.384. The molecule has 8 heteroatoms. The van der Waals surface area contributed by atoms with Gasteiger partial charge in [0.05, 0.1) is 21.2 Å². The predicted octanol–water partition coefficient (Wildman–Crippen LogP) is 3.60. The summed E-state index contributed by atoms with van der Waals surface area (Å²) in [5.41, 5.74) is 1.24. The largest absolute Gasteiger partial charge is 0.381 e. The van der Waals surface area contributed by atoms with Gasteiger partial charge in [-0.05, 0) is 31.0 Å². The van der Waals surface area contributed by atoms with E-state index in [1.807, 2.05) is 6.07 Å². The molecule has 1 fully saturated rings. The molecule has 2 heterocycles. The van der Waals surface area contributed by atoms with Crippen molar-refractivity contribution in [3.05, 3.63) is 57.2 Å². The monoisotopic (exact) mass is 357 g/mol. The SMILES string of the molecule is N#Cc1ccc(N2CCC(Nc3ccc([N+](=O)[O-])cc3Cl)CC2)nc1. The van der Waals surface area contributed by atoms with Crippen molar-refractivity contribution in [2.45, 2.75) is 18.9 Å². The van der Waals surface area contributed by atoms with Gasteiger partial charge in [-0.25, -0.2) is 4.98 Å². The summed E-state index contributed by atoms with van der Waals surface area (Å²) in [6.07, 6.45) is 3.38. The van der Waals surface area contributed by atoms with E-state index in [0.29, 0.717) is 16.3 Å². The number of nitro groups is 1. The average Bonchev–Trinajstić information content (AvgIpc) is 2.64. The van der Waals surface area contributed by atoms with Crippen molar-refractivity contribution in [3.8, 4) is 6.07 Å². The van der Waals surface area contributed by atoms with Crippen molar-refractivity contribution in [1.29, 1.82) is 5.26 Å². The molecule has 0 bridgehead atoms. The van der Waals surface area contributed by atoms with Crippen molar-refractivity contribution in [2.24, 2.45) is 0 Å². The van der Waals surface area contributed by atoms with Gasteiger partial charge in [-0.15, -0.1) is 0 Å². The van der Waals surface area contributed by atoms with Crippen LogP contribution in [0, 0.1) is 21.4 Å². The smallest absolute Gasteiger partial charge is 0.271 e. The standard InChI is InChI=1S/C17H16ClN5O2/c18-15-9-14(23(24)25)2-3-16(15)21-13-5-7-22(8-6-13)17-4-1-12(10-19)11-20-17/h1-4,9,11,13,21H,5-8H2. The number of nitriles is 1. The summed E-state index contributed by atoms with van der Waals surface area (Å²) in [6.45, 7) is 1.67. The summed E-state index contributed by atoms with van der Waals surface area (Å²) in [5, 5.41) is 23.3. The summed E-state index contributed by atoms with van der Waals surface area (Å²) >= 11 is 6.13. The Labute approximate surface area is 150 Å². The third kappa shape index (κ3) is 3.98. The highest BCUT2D eigenvalue weighted by Crippen LogP contribution is 2.29.